The molecule has 0 aliphatic carbocycles. The summed E-state index contributed by atoms with van der Waals surface area (Å²) in [5.74, 6) is 0.712. The zero-order valence-corrected chi connectivity index (χ0v) is 7.70. The summed E-state index contributed by atoms with van der Waals surface area (Å²) in [6, 6.07) is 0. The Morgan fingerprint density at radius 2 is 2.33 bits per heavy atom. The van der Waals surface area contributed by atoms with Gasteiger partial charge in [-0.1, -0.05) is 0 Å². The maximum absolute atomic E-state index is 4.18. The number of hydrogen-bond acceptors (Lipinski definition) is 2. The van der Waals surface area contributed by atoms with Crippen LogP contribution in [0.4, 0.5) is 0 Å². The second kappa shape index (κ2) is 2.90. The summed E-state index contributed by atoms with van der Waals surface area (Å²) in [7, 11) is 4.15. The van der Waals surface area contributed by atoms with Crippen LogP contribution in [-0.4, -0.2) is 34.8 Å². The third-order valence-corrected chi connectivity index (χ3v) is 2.59. The minimum atomic E-state index is 0.712. The van der Waals surface area contributed by atoms with E-state index in [0.29, 0.717) is 5.92 Å². The highest BCUT2D eigenvalue weighted by Crippen LogP contribution is 2.25. The summed E-state index contributed by atoms with van der Waals surface area (Å²) in [5.41, 5.74) is 1.39. The number of likely N-dealkylation sites (N-methyl/N-ethyl adjacent to an activating group) is 1. The van der Waals surface area contributed by atoms with Crippen LogP contribution in [0.3, 0.4) is 0 Å². The molecule has 2 heterocycles. The molecule has 1 aromatic rings. The van der Waals surface area contributed by atoms with Gasteiger partial charge in [0.25, 0.3) is 0 Å². The summed E-state index contributed by atoms with van der Waals surface area (Å²) >= 11 is 0. The lowest BCUT2D eigenvalue weighted by molar-refractivity contribution is 0.411. The number of rotatable bonds is 1. The Kier molecular flexibility index (Phi) is 1.89. The summed E-state index contributed by atoms with van der Waals surface area (Å²) in [4.78, 5) is 2.37. The molecule has 0 amide bonds. The fraction of sp³-hybridized carbons (Fsp3) is 0.667. The van der Waals surface area contributed by atoms with Crippen molar-refractivity contribution < 1.29 is 0 Å². The quantitative estimate of drug-likeness (QED) is 0.615. The molecule has 0 radical (unpaired) electrons. The summed E-state index contributed by atoms with van der Waals surface area (Å²) in [5, 5.41) is 4.18. The third kappa shape index (κ3) is 1.37. The van der Waals surface area contributed by atoms with Crippen LogP contribution in [0, 0.1) is 0 Å². The number of aromatic nitrogens is 2. The first-order valence-corrected chi connectivity index (χ1v) is 4.43. The number of likely N-dealkylation sites (tertiary alicyclic amines) is 1. The van der Waals surface area contributed by atoms with Gasteiger partial charge in [0.2, 0.25) is 0 Å². The summed E-state index contributed by atoms with van der Waals surface area (Å²) < 4.78 is 1.88. The van der Waals surface area contributed by atoms with Crippen molar-refractivity contribution in [3.05, 3.63) is 18.0 Å². The fourth-order valence-corrected chi connectivity index (χ4v) is 1.86. The predicted octanol–water partition coefficient (Wildman–Crippen LogP) is 0.839. The van der Waals surface area contributed by atoms with Crippen LogP contribution in [0.2, 0.25) is 0 Å². The minimum absolute atomic E-state index is 0.712. The van der Waals surface area contributed by atoms with Gasteiger partial charge in [-0.25, -0.2) is 0 Å². The smallest absolute Gasteiger partial charge is 0.0524 e. The molecule has 3 nitrogen and oxygen atoms in total. The molecule has 1 saturated heterocycles. The van der Waals surface area contributed by atoms with E-state index in [9.17, 15) is 0 Å². The maximum atomic E-state index is 4.18. The van der Waals surface area contributed by atoms with E-state index in [4.69, 9.17) is 0 Å². The van der Waals surface area contributed by atoms with Gasteiger partial charge in [-0.2, -0.15) is 5.10 Å². The molecule has 1 aliphatic rings. The van der Waals surface area contributed by atoms with Crippen LogP contribution in [-0.2, 0) is 7.05 Å². The predicted molar refractivity (Wildman–Crippen MR) is 48.1 cm³/mol. The van der Waals surface area contributed by atoms with Crippen molar-refractivity contribution in [1.29, 1.82) is 0 Å². The van der Waals surface area contributed by atoms with Crippen molar-refractivity contribution in [2.75, 3.05) is 20.1 Å². The van der Waals surface area contributed by atoms with Crippen LogP contribution in [0.15, 0.2) is 12.4 Å². The highest BCUT2D eigenvalue weighted by Gasteiger charge is 2.21. The monoisotopic (exact) mass is 165 g/mol. The first-order valence-electron chi connectivity index (χ1n) is 4.43. The molecule has 0 spiro atoms. The Balaban J connectivity index is 2.11. The molecule has 12 heavy (non-hydrogen) atoms. The average molecular weight is 165 g/mol. The van der Waals surface area contributed by atoms with Crippen LogP contribution in [0.5, 0.6) is 0 Å². The lowest BCUT2D eigenvalue weighted by Gasteiger charge is -2.07. The van der Waals surface area contributed by atoms with Gasteiger partial charge in [0.1, 0.15) is 0 Å². The van der Waals surface area contributed by atoms with Crippen molar-refractivity contribution >= 4 is 0 Å². The van der Waals surface area contributed by atoms with E-state index >= 15 is 0 Å². The molecule has 3 heteroatoms. The zero-order chi connectivity index (χ0) is 8.55. The molecule has 1 fully saturated rings. The largest absolute Gasteiger partial charge is 0.306 e. The lowest BCUT2D eigenvalue weighted by atomic mass is 10.0. The van der Waals surface area contributed by atoms with Gasteiger partial charge in [0, 0.05) is 25.7 Å². The van der Waals surface area contributed by atoms with Gasteiger partial charge in [0.15, 0.2) is 0 Å². The van der Waals surface area contributed by atoms with Crippen LogP contribution < -0.4 is 0 Å². The first kappa shape index (κ1) is 7.80. The molecule has 66 valence electrons. The maximum Gasteiger partial charge on any atom is 0.0524 e. The van der Waals surface area contributed by atoms with E-state index in [2.05, 4.69) is 23.2 Å². The van der Waals surface area contributed by atoms with Gasteiger partial charge >= 0.3 is 0 Å². The average Bonchev–Trinajstić information content (AvgIpc) is 2.58. The molecule has 1 aromatic heterocycles. The van der Waals surface area contributed by atoms with Gasteiger partial charge in [-0.05, 0) is 25.6 Å². The Hall–Kier alpha value is -0.830. The molecule has 0 saturated carbocycles. The van der Waals surface area contributed by atoms with Crippen molar-refractivity contribution in [3.63, 3.8) is 0 Å². The standard InChI is InChI=1S/C9H15N3/c1-11-4-3-8(6-11)9-5-10-12(2)7-9/h5,7-8H,3-4,6H2,1-2H3/t8-/m1/s1. The number of nitrogens with zero attached hydrogens (tertiary/aromatic N) is 3. The van der Waals surface area contributed by atoms with Crippen LogP contribution in [0.25, 0.3) is 0 Å². The second-order valence-corrected chi connectivity index (χ2v) is 3.70. The highest BCUT2D eigenvalue weighted by molar-refractivity contribution is 5.13. The normalized spacial score (nSPS) is 25.0. The second-order valence-electron chi connectivity index (χ2n) is 3.70. The molecule has 0 aromatic carbocycles. The molecule has 1 aliphatic heterocycles. The lowest BCUT2D eigenvalue weighted by Crippen LogP contribution is -2.13. The minimum Gasteiger partial charge on any atom is -0.306 e. The van der Waals surface area contributed by atoms with Crippen molar-refractivity contribution in [2.24, 2.45) is 7.05 Å². The number of aryl methyl sites for hydroxylation is 1. The Labute approximate surface area is 73.0 Å². The molecule has 0 bridgehead atoms. The van der Waals surface area contributed by atoms with Crippen LogP contribution in [0.1, 0.15) is 17.9 Å². The SMILES string of the molecule is CN1CC[C@@H](c2cnn(C)c2)C1. The molecule has 2 rings (SSSR count). The zero-order valence-electron chi connectivity index (χ0n) is 7.70. The molecular formula is C9H15N3. The molecule has 0 unspecified atom stereocenters. The van der Waals surface area contributed by atoms with Gasteiger partial charge in [0.05, 0.1) is 6.20 Å². The first-order chi connectivity index (χ1) is 5.75. The van der Waals surface area contributed by atoms with Crippen molar-refractivity contribution in [3.8, 4) is 0 Å². The Morgan fingerprint density at radius 1 is 1.50 bits per heavy atom. The van der Waals surface area contributed by atoms with Crippen molar-refractivity contribution in [1.82, 2.24) is 14.7 Å². The van der Waals surface area contributed by atoms with Gasteiger partial charge < -0.3 is 4.90 Å². The van der Waals surface area contributed by atoms with E-state index < -0.39 is 0 Å². The van der Waals surface area contributed by atoms with E-state index in [1.54, 1.807) is 0 Å². The Bertz CT molecular complexity index is 266. The van der Waals surface area contributed by atoms with E-state index in [0.717, 1.165) is 0 Å². The number of hydrogen-bond donors (Lipinski definition) is 0. The van der Waals surface area contributed by atoms with E-state index in [1.165, 1.54) is 25.1 Å². The molecular weight excluding hydrogens is 150 g/mol. The van der Waals surface area contributed by atoms with Gasteiger partial charge in [-0.15, -0.1) is 0 Å². The van der Waals surface area contributed by atoms with Crippen molar-refractivity contribution in [2.45, 2.75) is 12.3 Å². The van der Waals surface area contributed by atoms with E-state index in [1.807, 2.05) is 17.9 Å². The summed E-state index contributed by atoms with van der Waals surface area (Å²) in [6.07, 6.45) is 5.40. The third-order valence-electron chi connectivity index (χ3n) is 2.59. The Morgan fingerprint density at radius 3 is 2.83 bits per heavy atom. The van der Waals surface area contributed by atoms with Crippen LogP contribution >= 0.6 is 0 Å². The fourth-order valence-electron chi connectivity index (χ4n) is 1.86. The topological polar surface area (TPSA) is 21.1 Å². The van der Waals surface area contributed by atoms with E-state index in [-0.39, 0.29) is 0 Å². The molecule has 0 N–H and O–H groups in total. The van der Waals surface area contributed by atoms with Gasteiger partial charge in [-0.3, -0.25) is 4.68 Å². The molecule has 1 atom stereocenters. The summed E-state index contributed by atoms with van der Waals surface area (Å²) in [6.45, 7) is 2.41. The highest BCUT2D eigenvalue weighted by atomic mass is 15.2.